The van der Waals surface area contributed by atoms with E-state index < -0.39 is 0 Å². The van der Waals surface area contributed by atoms with E-state index in [1.165, 1.54) is 0 Å². The average molecular weight is 325 g/mol. The van der Waals surface area contributed by atoms with Crippen LogP contribution in [0, 0.1) is 0 Å². The van der Waals surface area contributed by atoms with Crippen LogP contribution < -0.4 is 10.1 Å². The van der Waals surface area contributed by atoms with E-state index in [9.17, 15) is 0 Å². The lowest BCUT2D eigenvalue weighted by molar-refractivity contribution is 0.184. The average Bonchev–Trinajstić information content (AvgIpc) is 2.32. The Kier molecular flexibility index (Phi) is 6.54. The number of nitrogens with zero attached hydrogens (tertiary/aromatic N) is 2. The molecule has 0 aliphatic carbocycles. The van der Waals surface area contributed by atoms with E-state index in [2.05, 4.69) is 31.2 Å². The van der Waals surface area contributed by atoms with Gasteiger partial charge in [-0.25, -0.2) is 4.98 Å². The van der Waals surface area contributed by atoms with Crippen molar-refractivity contribution >= 4 is 33.5 Å². The molecule has 1 N–H and O–H groups in total. The molecule has 1 atom stereocenters. The zero-order valence-electron chi connectivity index (χ0n) is 9.74. The smallest absolute Gasteiger partial charge is 0.232 e. The highest BCUT2D eigenvalue weighted by atomic mass is 79.9. The van der Waals surface area contributed by atoms with Crippen LogP contribution in [0.25, 0.3) is 0 Å². The van der Waals surface area contributed by atoms with E-state index in [0.717, 1.165) is 6.42 Å². The SMILES string of the molecule is COCC(CCCl)Nc1ncc(Br)c(OC)n1. The summed E-state index contributed by atoms with van der Waals surface area (Å²) in [5, 5.41) is 3.15. The Morgan fingerprint density at radius 2 is 2.29 bits per heavy atom. The van der Waals surface area contributed by atoms with Gasteiger partial charge in [-0.2, -0.15) is 4.98 Å². The summed E-state index contributed by atoms with van der Waals surface area (Å²) in [7, 11) is 3.20. The van der Waals surface area contributed by atoms with Gasteiger partial charge in [0.25, 0.3) is 0 Å². The Balaban J connectivity index is 2.71. The van der Waals surface area contributed by atoms with E-state index in [0.29, 0.717) is 28.8 Å². The van der Waals surface area contributed by atoms with Crippen molar-refractivity contribution in [3.05, 3.63) is 10.7 Å². The van der Waals surface area contributed by atoms with E-state index >= 15 is 0 Å². The molecule has 0 aliphatic heterocycles. The molecule has 1 heterocycles. The fraction of sp³-hybridized carbons (Fsp3) is 0.600. The standard InChI is InChI=1S/C10H15BrClN3O2/c1-16-6-7(3-4-12)14-10-13-5-8(11)9(15-10)17-2/h5,7H,3-4,6H2,1-2H3,(H,13,14,15). The molecule has 96 valence electrons. The fourth-order valence-corrected chi connectivity index (χ4v) is 1.89. The molecule has 7 heteroatoms. The number of hydrogen-bond donors (Lipinski definition) is 1. The molecule has 17 heavy (non-hydrogen) atoms. The number of alkyl halides is 1. The molecule has 5 nitrogen and oxygen atoms in total. The highest BCUT2D eigenvalue weighted by Gasteiger charge is 2.11. The maximum atomic E-state index is 5.71. The molecule has 0 amide bonds. The number of rotatable bonds is 7. The van der Waals surface area contributed by atoms with Gasteiger partial charge in [0, 0.05) is 13.0 Å². The van der Waals surface area contributed by atoms with Crippen molar-refractivity contribution in [3.63, 3.8) is 0 Å². The Morgan fingerprint density at radius 3 is 2.88 bits per heavy atom. The minimum atomic E-state index is 0.0865. The Hall–Kier alpha value is -0.590. The Labute approximate surface area is 114 Å². The first-order valence-corrected chi connectivity index (χ1v) is 6.42. The molecule has 0 aliphatic rings. The van der Waals surface area contributed by atoms with Gasteiger partial charge in [-0.15, -0.1) is 11.6 Å². The number of methoxy groups -OCH3 is 2. The van der Waals surface area contributed by atoms with Gasteiger partial charge in [0.15, 0.2) is 0 Å². The third kappa shape index (κ3) is 4.65. The van der Waals surface area contributed by atoms with Crippen LogP contribution in [0.5, 0.6) is 5.88 Å². The predicted molar refractivity (Wildman–Crippen MR) is 70.9 cm³/mol. The molecular formula is C10H15BrClN3O2. The van der Waals surface area contributed by atoms with Crippen molar-refractivity contribution in [2.45, 2.75) is 12.5 Å². The quantitative estimate of drug-likeness (QED) is 0.780. The van der Waals surface area contributed by atoms with Gasteiger partial charge in [0.05, 0.1) is 30.4 Å². The number of hydrogen-bond acceptors (Lipinski definition) is 5. The number of aromatic nitrogens is 2. The second-order valence-corrected chi connectivity index (χ2v) is 4.56. The summed E-state index contributed by atoms with van der Waals surface area (Å²) < 4.78 is 10.9. The van der Waals surface area contributed by atoms with Gasteiger partial charge >= 0.3 is 0 Å². The zero-order valence-corrected chi connectivity index (χ0v) is 12.1. The molecule has 1 rings (SSSR count). The number of nitrogens with one attached hydrogen (secondary N) is 1. The molecule has 0 aromatic carbocycles. The summed E-state index contributed by atoms with van der Waals surface area (Å²) in [6, 6.07) is 0.0865. The maximum absolute atomic E-state index is 5.71. The number of ether oxygens (including phenoxy) is 2. The minimum absolute atomic E-state index is 0.0865. The molecule has 0 saturated carbocycles. The van der Waals surface area contributed by atoms with Crippen LogP contribution in [0.2, 0.25) is 0 Å². The normalized spacial score (nSPS) is 12.2. The molecule has 0 fully saturated rings. The molecule has 0 saturated heterocycles. The van der Waals surface area contributed by atoms with Crippen LogP contribution in [0.3, 0.4) is 0 Å². The van der Waals surface area contributed by atoms with Crippen molar-refractivity contribution in [1.29, 1.82) is 0 Å². The number of halogens is 2. The monoisotopic (exact) mass is 323 g/mol. The zero-order chi connectivity index (χ0) is 12.7. The molecule has 0 spiro atoms. The molecule has 1 aromatic rings. The summed E-state index contributed by atoms with van der Waals surface area (Å²) in [5.74, 6) is 1.54. The molecule has 0 bridgehead atoms. The van der Waals surface area contributed by atoms with E-state index in [1.807, 2.05) is 0 Å². The van der Waals surface area contributed by atoms with Crippen molar-refractivity contribution in [2.24, 2.45) is 0 Å². The molecule has 0 radical (unpaired) electrons. The first-order chi connectivity index (χ1) is 8.21. The second kappa shape index (κ2) is 7.68. The van der Waals surface area contributed by atoms with Gasteiger partial charge in [-0.05, 0) is 22.4 Å². The third-order valence-electron chi connectivity index (χ3n) is 2.06. The van der Waals surface area contributed by atoms with Crippen LogP contribution in [-0.2, 0) is 4.74 Å². The highest BCUT2D eigenvalue weighted by molar-refractivity contribution is 9.10. The third-order valence-corrected chi connectivity index (χ3v) is 2.83. The summed E-state index contributed by atoms with van der Waals surface area (Å²) in [6.45, 7) is 0.550. The van der Waals surface area contributed by atoms with Crippen LogP contribution in [0.4, 0.5) is 5.95 Å². The van der Waals surface area contributed by atoms with Gasteiger partial charge in [-0.1, -0.05) is 0 Å². The summed E-state index contributed by atoms with van der Waals surface area (Å²) >= 11 is 9.01. The first-order valence-electron chi connectivity index (χ1n) is 5.09. The van der Waals surface area contributed by atoms with Crippen molar-refractivity contribution in [2.75, 3.05) is 32.0 Å². The topological polar surface area (TPSA) is 56.3 Å². The fourth-order valence-electron chi connectivity index (χ4n) is 1.28. The maximum Gasteiger partial charge on any atom is 0.232 e. The Bertz CT molecular complexity index is 348. The summed E-state index contributed by atoms with van der Waals surface area (Å²) in [5.41, 5.74) is 0. The van der Waals surface area contributed by atoms with Gasteiger partial charge in [0.2, 0.25) is 11.8 Å². The van der Waals surface area contributed by atoms with Crippen molar-refractivity contribution in [1.82, 2.24) is 9.97 Å². The van der Waals surface area contributed by atoms with Gasteiger partial charge in [-0.3, -0.25) is 0 Å². The highest BCUT2D eigenvalue weighted by Crippen LogP contribution is 2.22. The Morgan fingerprint density at radius 1 is 1.53 bits per heavy atom. The van der Waals surface area contributed by atoms with Crippen molar-refractivity contribution < 1.29 is 9.47 Å². The van der Waals surface area contributed by atoms with E-state index in [4.69, 9.17) is 21.1 Å². The van der Waals surface area contributed by atoms with E-state index in [1.54, 1.807) is 20.4 Å². The molecular weight excluding hydrogens is 309 g/mol. The largest absolute Gasteiger partial charge is 0.480 e. The van der Waals surface area contributed by atoms with Crippen LogP contribution in [0.15, 0.2) is 10.7 Å². The lowest BCUT2D eigenvalue weighted by Crippen LogP contribution is -2.26. The lowest BCUT2D eigenvalue weighted by atomic mass is 10.2. The summed E-state index contributed by atoms with van der Waals surface area (Å²) in [6.07, 6.45) is 2.41. The molecule has 1 aromatic heterocycles. The predicted octanol–water partition coefficient (Wildman–Crippen LogP) is 2.30. The van der Waals surface area contributed by atoms with Crippen LogP contribution in [-0.4, -0.2) is 42.7 Å². The molecule has 1 unspecified atom stereocenters. The van der Waals surface area contributed by atoms with Crippen LogP contribution in [0.1, 0.15) is 6.42 Å². The van der Waals surface area contributed by atoms with Crippen molar-refractivity contribution in [3.8, 4) is 5.88 Å². The second-order valence-electron chi connectivity index (χ2n) is 3.33. The minimum Gasteiger partial charge on any atom is -0.480 e. The van der Waals surface area contributed by atoms with E-state index in [-0.39, 0.29) is 6.04 Å². The lowest BCUT2D eigenvalue weighted by Gasteiger charge is -2.16. The van der Waals surface area contributed by atoms with Gasteiger partial charge < -0.3 is 14.8 Å². The first kappa shape index (κ1) is 14.5. The number of anilines is 1. The van der Waals surface area contributed by atoms with Gasteiger partial charge in [0.1, 0.15) is 0 Å². The van der Waals surface area contributed by atoms with Crippen LogP contribution >= 0.6 is 27.5 Å². The summed E-state index contributed by atoms with van der Waals surface area (Å²) in [4.78, 5) is 8.35.